The Hall–Kier alpha value is -2.04. The fraction of sp³-hybridized carbons (Fsp3) is 0.182. The van der Waals surface area contributed by atoms with Crippen molar-refractivity contribution in [2.45, 2.75) is 6.54 Å². The highest BCUT2D eigenvalue weighted by Crippen LogP contribution is 2.20. The quantitative estimate of drug-likeness (QED) is 0.831. The summed E-state index contributed by atoms with van der Waals surface area (Å²) in [6.07, 6.45) is 1.67. The Labute approximate surface area is 92.4 Å². The van der Waals surface area contributed by atoms with Gasteiger partial charge in [0.1, 0.15) is 0 Å². The van der Waals surface area contributed by atoms with Gasteiger partial charge in [-0.25, -0.2) is 4.39 Å². The van der Waals surface area contributed by atoms with E-state index >= 15 is 0 Å². The van der Waals surface area contributed by atoms with Crippen LogP contribution in [0.25, 0.3) is 0 Å². The number of aromatic amines is 1. The number of benzene rings is 1. The van der Waals surface area contributed by atoms with Crippen LogP contribution in [0.5, 0.6) is 5.75 Å². The van der Waals surface area contributed by atoms with Crippen molar-refractivity contribution in [2.75, 3.05) is 12.4 Å². The summed E-state index contributed by atoms with van der Waals surface area (Å²) >= 11 is 0. The molecule has 0 atom stereocenters. The highest BCUT2D eigenvalue weighted by Gasteiger charge is 2.03. The van der Waals surface area contributed by atoms with Crippen LogP contribution >= 0.6 is 0 Å². The number of hydrogen-bond donors (Lipinski definition) is 2. The molecule has 2 rings (SSSR count). The third-order valence-corrected chi connectivity index (χ3v) is 2.19. The van der Waals surface area contributed by atoms with E-state index in [4.69, 9.17) is 4.74 Å². The third-order valence-electron chi connectivity index (χ3n) is 2.19. The Balaban J connectivity index is 2.02. The van der Waals surface area contributed by atoms with E-state index in [2.05, 4.69) is 15.5 Å². The minimum atomic E-state index is -0.378. The van der Waals surface area contributed by atoms with E-state index in [0.29, 0.717) is 12.2 Å². The van der Waals surface area contributed by atoms with Gasteiger partial charge in [0.15, 0.2) is 11.6 Å². The average Bonchev–Trinajstić information content (AvgIpc) is 2.79. The van der Waals surface area contributed by atoms with Crippen LogP contribution in [0.1, 0.15) is 5.69 Å². The first kappa shape index (κ1) is 10.5. The molecule has 1 aromatic carbocycles. The van der Waals surface area contributed by atoms with Crippen LogP contribution in [0.4, 0.5) is 10.1 Å². The van der Waals surface area contributed by atoms with Crippen molar-refractivity contribution >= 4 is 5.69 Å². The van der Waals surface area contributed by atoms with Gasteiger partial charge in [0.25, 0.3) is 0 Å². The minimum Gasteiger partial charge on any atom is -0.494 e. The molecule has 0 aliphatic heterocycles. The zero-order valence-electron chi connectivity index (χ0n) is 8.83. The highest BCUT2D eigenvalue weighted by molar-refractivity contribution is 5.47. The van der Waals surface area contributed by atoms with Gasteiger partial charge in [-0.2, -0.15) is 5.10 Å². The van der Waals surface area contributed by atoms with Gasteiger partial charge in [-0.05, 0) is 18.2 Å². The third kappa shape index (κ3) is 2.31. The Morgan fingerprint density at radius 2 is 2.31 bits per heavy atom. The molecule has 0 amide bonds. The van der Waals surface area contributed by atoms with Gasteiger partial charge in [0.05, 0.1) is 19.3 Å². The molecule has 0 bridgehead atoms. The number of aromatic nitrogens is 2. The molecule has 0 fully saturated rings. The van der Waals surface area contributed by atoms with Crippen LogP contribution in [0.2, 0.25) is 0 Å². The van der Waals surface area contributed by atoms with Crippen molar-refractivity contribution in [2.24, 2.45) is 0 Å². The normalized spacial score (nSPS) is 10.1. The van der Waals surface area contributed by atoms with Gasteiger partial charge in [-0.3, -0.25) is 5.10 Å². The summed E-state index contributed by atoms with van der Waals surface area (Å²) in [6.45, 7) is 0.575. The number of halogens is 1. The fourth-order valence-corrected chi connectivity index (χ4v) is 1.36. The van der Waals surface area contributed by atoms with E-state index in [9.17, 15) is 4.39 Å². The summed E-state index contributed by atoms with van der Waals surface area (Å²) in [7, 11) is 1.44. The van der Waals surface area contributed by atoms with Gasteiger partial charge in [0, 0.05) is 18.0 Å². The maximum Gasteiger partial charge on any atom is 0.167 e. The lowest BCUT2D eigenvalue weighted by Gasteiger charge is -2.07. The molecule has 1 heterocycles. The molecule has 2 aromatic rings. The topological polar surface area (TPSA) is 49.9 Å². The minimum absolute atomic E-state index is 0.243. The Morgan fingerprint density at radius 3 is 2.94 bits per heavy atom. The fourth-order valence-electron chi connectivity index (χ4n) is 1.36. The number of rotatable bonds is 4. The van der Waals surface area contributed by atoms with Crippen molar-refractivity contribution in [3.05, 3.63) is 42.0 Å². The molecule has 0 spiro atoms. The molecular formula is C11H12FN3O. The molecule has 0 radical (unpaired) electrons. The number of nitrogens with zero attached hydrogens (tertiary/aromatic N) is 1. The van der Waals surface area contributed by atoms with E-state index in [1.807, 2.05) is 6.07 Å². The summed E-state index contributed by atoms with van der Waals surface area (Å²) in [6, 6.07) is 6.60. The first-order chi connectivity index (χ1) is 7.79. The SMILES string of the molecule is COc1ccc(NCc2ccn[nH]2)cc1F. The summed E-state index contributed by atoms with van der Waals surface area (Å²) < 4.78 is 18.2. The maximum absolute atomic E-state index is 13.3. The molecule has 4 nitrogen and oxygen atoms in total. The smallest absolute Gasteiger partial charge is 0.167 e. The zero-order valence-corrected chi connectivity index (χ0v) is 8.83. The molecule has 2 N–H and O–H groups in total. The van der Waals surface area contributed by atoms with Crippen LogP contribution in [-0.4, -0.2) is 17.3 Å². The Morgan fingerprint density at radius 1 is 1.44 bits per heavy atom. The van der Waals surface area contributed by atoms with E-state index in [1.54, 1.807) is 18.3 Å². The number of H-pyrrole nitrogens is 1. The average molecular weight is 221 g/mol. The lowest BCUT2D eigenvalue weighted by Crippen LogP contribution is -2.00. The van der Waals surface area contributed by atoms with E-state index in [1.165, 1.54) is 13.2 Å². The molecule has 0 aliphatic carbocycles. The highest BCUT2D eigenvalue weighted by atomic mass is 19.1. The summed E-state index contributed by atoms with van der Waals surface area (Å²) in [5.41, 5.74) is 1.64. The van der Waals surface area contributed by atoms with Gasteiger partial charge >= 0.3 is 0 Å². The van der Waals surface area contributed by atoms with Gasteiger partial charge < -0.3 is 10.1 Å². The molecule has 5 heteroatoms. The van der Waals surface area contributed by atoms with Crippen LogP contribution in [0.3, 0.4) is 0 Å². The van der Waals surface area contributed by atoms with Crippen LogP contribution in [0, 0.1) is 5.82 Å². The van der Waals surface area contributed by atoms with Crippen LogP contribution in [0.15, 0.2) is 30.5 Å². The number of nitrogens with one attached hydrogen (secondary N) is 2. The van der Waals surface area contributed by atoms with Crippen molar-refractivity contribution < 1.29 is 9.13 Å². The standard InChI is InChI=1S/C11H12FN3O/c1-16-11-3-2-8(6-10(11)12)13-7-9-4-5-14-15-9/h2-6,13H,7H2,1H3,(H,14,15). The van der Waals surface area contributed by atoms with Crippen LogP contribution < -0.4 is 10.1 Å². The maximum atomic E-state index is 13.3. The number of ether oxygens (including phenoxy) is 1. The first-order valence-electron chi connectivity index (χ1n) is 4.85. The largest absolute Gasteiger partial charge is 0.494 e. The van der Waals surface area contributed by atoms with Gasteiger partial charge in [-0.15, -0.1) is 0 Å². The number of methoxy groups -OCH3 is 1. The lowest BCUT2D eigenvalue weighted by molar-refractivity contribution is 0.386. The number of anilines is 1. The van der Waals surface area contributed by atoms with Crippen molar-refractivity contribution in [3.63, 3.8) is 0 Å². The van der Waals surface area contributed by atoms with E-state index < -0.39 is 0 Å². The molecular weight excluding hydrogens is 209 g/mol. The second-order valence-electron chi connectivity index (χ2n) is 3.28. The molecule has 0 unspecified atom stereocenters. The molecule has 16 heavy (non-hydrogen) atoms. The summed E-state index contributed by atoms with van der Waals surface area (Å²) in [5.74, 6) is -0.135. The van der Waals surface area contributed by atoms with Crippen molar-refractivity contribution in [1.29, 1.82) is 0 Å². The van der Waals surface area contributed by atoms with E-state index in [0.717, 1.165) is 5.69 Å². The predicted molar refractivity (Wildman–Crippen MR) is 58.9 cm³/mol. The summed E-state index contributed by atoms with van der Waals surface area (Å²) in [4.78, 5) is 0. The van der Waals surface area contributed by atoms with E-state index in [-0.39, 0.29) is 11.6 Å². The molecule has 0 aliphatic rings. The number of hydrogen-bond acceptors (Lipinski definition) is 3. The second kappa shape index (κ2) is 4.65. The predicted octanol–water partition coefficient (Wildman–Crippen LogP) is 2.17. The van der Waals surface area contributed by atoms with Crippen LogP contribution in [-0.2, 0) is 6.54 Å². The molecule has 0 saturated heterocycles. The van der Waals surface area contributed by atoms with Crippen molar-refractivity contribution in [3.8, 4) is 5.75 Å². The zero-order chi connectivity index (χ0) is 11.4. The monoisotopic (exact) mass is 221 g/mol. The molecule has 84 valence electrons. The lowest BCUT2D eigenvalue weighted by atomic mass is 10.3. The van der Waals surface area contributed by atoms with Crippen molar-refractivity contribution in [1.82, 2.24) is 10.2 Å². The molecule has 1 aromatic heterocycles. The first-order valence-corrected chi connectivity index (χ1v) is 4.85. The second-order valence-corrected chi connectivity index (χ2v) is 3.28. The Bertz CT molecular complexity index is 456. The Kier molecular flexibility index (Phi) is 3.05. The van der Waals surface area contributed by atoms with Gasteiger partial charge in [0.2, 0.25) is 0 Å². The molecule has 0 saturated carbocycles. The summed E-state index contributed by atoms with van der Waals surface area (Å²) in [5, 5.41) is 9.71. The van der Waals surface area contributed by atoms with Gasteiger partial charge in [-0.1, -0.05) is 0 Å².